The molecule has 0 spiro atoms. The molecule has 0 saturated carbocycles. The van der Waals surface area contributed by atoms with Crippen LogP contribution in [-0.2, 0) is 4.79 Å². The first-order valence-electron chi connectivity index (χ1n) is 8.37. The van der Waals surface area contributed by atoms with Crippen molar-refractivity contribution in [3.8, 4) is 5.75 Å². The lowest BCUT2D eigenvalue weighted by atomic mass is 9.98. The molecule has 0 amide bonds. The Balaban J connectivity index is 1.54. The molecule has 4 rings (SSSR count). The lowest BCUT2D eigenvalue weighted by Crippen LogP contribution is -2.11. The summed E-state index contributed by atoms with van der Waals surface area (Å²) in [6.45, 7) is 2.03. The van der Waals surface area contributed by atoms with Crippen LogP contribution in [0.3, 0.4) is 0 Å². The molecule has 3 nitrogen and oxygen atoms in total. The maximum atomic E-state index is 12.3. The van der Waals surface area contributed by atoms with Crippen LogP contribution >= 0.6 is 0 Å². The molecule has 1 heterocycles. The molecule has 0 fully saturated rings. The molecule has 0 aliphatic carbocycles. The Bertz CT molecular complexity index is 1030. The van der Waals surface area contributed by atoms with Crippen LogP contribution in [0, 0.1) is 0 Å². The zero-order chi connectivity index (χ0) is 17.2. The molecule has 25 heavy (non-hydrogen) atoms. The fourth-order valence-electron chi connectivity index (χ4n) is 3.09. The van der Waals surface area contributed by atoms with E-state index in [4.69, 9.17) is 9.15 Å². The van der Waals surface area contributed by atoms with Gasteiger partial charge in [-0.1, -0.05) is 55.5 Å². The topological polar surface area (TPSA) is 39.4 Å². The van der Waals surface area contributed by atoms with Crippen LogP contribution in [-0.4, -0.2) is 5.97 Å². The highest BCUT2D eigenvalue weighted by molar-refractivity contribution is 6.05. The third kappa shape index (κ3) is 3.13. The minimum atomic E-state index is -0.233. The van der Waals surface area contributed by atoms with Crippen molar-refractivity contribution in [1.29, 1.82) is 0 Å². The normalized spacial score (nSPS) is 12.4. The van der Waals surface area contributed by atoms with Gasteiger partial charge < -0.3 is 9.15 Å². The molecule has 0 saturated heterocycles. The summed E-state index contributed by atoms with van der Waals surface area (Å²) in [5, 5.41) is 1.98. The number of furan rings is 1. The van der Waals surface area contributed by atoms with E-state index in [0.29, 0.717) is 12.2 Å². The van der Waals surface area contributed by atoms with Gasteiger partial charge in [-0.25, -0.2) is 0 Å². The Hall–Kier alpha value is -3.07. The minimum absolute atomic E-state index is 0.118. The zero-order valence-electron chi connectivity index (χ0n) is 13.9. The SMILES string of the molecule is C[C@H](CC(=O)Oc1ccc2oc3ccccc3c2c1)c1ccccc1. The Morgan fingerprint density at radius 2 is 1.64 bits per heavy atom. The fraction of sp³-hybridized carbons (Fsp3) is 0.136. The largest absolute Gasteiger partial charge is 0.456 e. The van der Waals surface area contributed by atoms with Gasteiger partial charge in [0.25, 0.3) is 0 Å². The van der Waals surface area contributed by atoms with Crippen LogP contribution in [0.1, 0.15) is 24.8 Å². The fourth-order valence-corrected chi connectivity index (χ4v) is 3.09. The predicted molar refractivity (Wildman–Crippen MR) is 98.8 cm³/mol. The van der Waals surface area contributed by atoms with Crippen molar-refractivity contribution in [2.75, 3.05) is 0 Å². The van der Waals surface area contributed by atoms with E-state index in [1.807, 2.05) is 73.7 Å². The van der Waals surface area contributed by atoms with E-state index < -0.39 is 0 Å². The quantitative estimate of drug-likeness (QED) is 0.357. The summed E-state index contributed by atoms with van der Waals surface area (Å²) in [5.74, 6) is 0.431. The highest BCUT2D eigenvalue weighted by atomic mass is 16.5. The summed E-state index contributed by atoms with van der Waals surface area (Å²) < 4.78 is 11.3. The maximum Gasteiger partial charge on any atom is 0.311 e. The van der Waals surface area contributed by atoms with E-state index in [-0.39, 0.29) is 11.9 Å². The van der Waals surface area contributed by atoms with Gasteiger partial charge in [0, 0.05) is 10.8 Å². The molecule has 3 aromatic carbocycles. The summed E-state index contributed by atoms with van der Waals surface area (Å²) in [5.41, 5.74) is 2.76. The molecule has 1 aromatic heterocycles. The third-order valence-electron chi connectivity index (χ3n) is 4.42. The van der Waals surface area contributed by atoms with Gasteiger partial charge in [-0.15, -0.1) is 0 Å². The summed E-state index contributed by atoms with van der Waals surface area (Å²) >= 11 is 0. The lowest BCUT2D eigenvalue weighted by Gasteiger charge is -2.11. The number of fused-ring (bicyclic) bond motifs is 3. The molecule has 0 unspecified atom stereocenters. The molecule has 0 radical (unpaired) electrons. The number of rotatable bonds is 4. The number of carbonyl (C=O) groups excluding carboxylic acids is 1. The highest BCUT2D eigenvalue weighted by Crippen LogP contribution is 2.31. The molecule has 0 bridgehead atoms. The van der Waals surface area contributed by atoms with E-state index >= 15 is 0 Å². The first kappa shape index (κ1) is 15.5. The Labute approximate surface area is 145 Å². The number of para-hydroxylation sites is 1. The Morgan fingerprint density at radius 1 is 0.920 bits per heavy atom. The number of hydrogen-bond acceptors (Lipinski definition) is 3. The van der Waals surface area contributed by atoms with Crippen molar-refractivity contribution in [2.24, 2.45) is 0 Å². The van der Waals surface area contributed by atoms with E-state index in [9.17, 15) is 4.79 Å². The number of esters is 1. The molecule has 0 N–H and O–H groups in total. The van der Waals surface area contributed by atoms with Gasteiger partial charge >= 0.3 is 5.97 Å². The Morgan fingerprint density at radius 3 is 2.48 bits per heavy atom. The van der Waals surface area contributed by atoms with Crippen LogP contribution in [0.4, 0.5) is 0 Å². The van der Waals surface area contributed by atoms with Gasteiger partial charge in [0.05, 0.1) is 6.42 Å². The molecule has 3 heteroatoms. The standard InChI is InChI=1S/C22H18O3/c1-15(16-7-3-2-4-8-16)13-22(23)24-17-11-12-21-19(14-17)18-9-5-6-10-20(18)25-21/h2-12,14-15H,13H2,1H3/t15-/m1/s1. The van der Waals surface area contributed by atoms with E-state index in [0.717, 1.165) is 27.5 Å². The van der Waals surface area contributed by atoms with E-state index in [2.05, 4.69) is 0 Å². The second kappa shape index (κ2) is 6.44. The van der Waals surface area contributed by atoms with Crippen LogP contribution in [0.25, 0.3) is 21.9 Å². The van der Waals surface area contributed by atoms with Crippen molar-refractivity contribution in [1.82, 2.24) is 0 Å². The van der Waals surface area contributed by atoms with E-state index in [1.54, 1.807) is 6.07 Å². The number of benzene rings is 3. The molecule has 0 aliphatic rings. The lowest BCUT2D eigenvalue weighted by molar-refractivity contribution is -0.134. The Kier molecular flexibility index (Phi) is 3.98. The van der Waals surface area contributed by atoms with Crippen LogP contribution in [0.15, 0.2) is 77.2 Å². The van der Waals surface area contributed by atoms with Crippen molar-refractivity contribution in [3.05, 3.63) is 78.4 Å². The number of ether oxygens (including phenoxy) is 1. The van der Waals surface area contributed by atoms with E-state index in [1.165, 1.54) is 0 Å². The number of carbonyl (C=O) groups is 1. The van der Waals surface area contributed by atoms with Crippen molar-refractivity contribution in [3.63, 3.8) is 0 Å². The third-order valence-corrected chi connectivity index (χ3v) is 4.42. The molecule has 0 aliphatic heterocycles. The van der Waals surface area contributed by atoms with Crippen molar-refractivity contribution in [2.45, 2.75) is 19.3 Å². The van der Waals surface area contributed by atoms with Crippen LogP contribution in [0.5, 0.6) is 5.75 Å². The van der Waals surface area contributed by atoms with Crippen molar-refractivity contribution < 1.29 is 13.9 Å². The smallest absolute Gasteiger partial charge is 0.311 e. The van der Waals surface area contributed by atoms with Crippen LogP contribution in [0.2, 0.25) is 0 Å². The second-order valence-electron chi connectivity index (χ2n) is 6.25. The molecular formula is C22H18O3. The summed E-state index contributed by atoms with van der Waals surface area (Å²) in [4.78, 5) is 12.3. The van der Waals surface area contributed by atoms with Gasteiger partial charge in [0.2, 0.25) is 0 Å². The minimum Gasteiger partial charge on any atom is -0.456 e. The monoisotopic (exact) mass is 330 g/mol. The van der Waals surface area contributed by atoms with Crippen molar-refractivity contribution >= 4 is 27.9 Å². The van der Waals surface area contributed by atoms with Gasteiger partial charge in [-0.3, -0.25) is 4.79 Å². The first-order valence-corrected chi connectivity index (χ1v) is 8.37. The highest BCUT2D eigenvalue weighted by Gasteiger charge is 2.14. The van der Waals surface area contributed by atoms with Crippen LogP contribution < -0.4 is 4.74 Å². The summed E-state index contributed by atoms with van der Waals surface area (Å²) in [6, 6.07) is 23.3. The molecule has 1 atom stereocenters. The average Bonchev–Trinajstić information content (AvgIpc) is 3.00. The summed E-state index contributed by atoms with van der Waals surface area (Å²) in [7, 11) is 0. The molecular weight excluding hydrogens is 312 g/mol. The van der Waals surface area contributed by atoms with Gasteiger partial charge in [0.15, 0.2) is 0 Å². The second-order valence-corrected chi connectivity index (χ2v) is 6.25. The summed E-state index contributed by atoms with van der Waals surface area (Å²) in [6.07, 6.45) is 0.341. The molecule has 124 valence electrons. The maximum absolute atomic E-state index is 12.3. The average molecular weight is 330 g/mol. The van der Waals surface area contributed by atoms with Gasteiger partial charge in [-0.2, -0.15) is 0 Å². The zero-order valence-corrected chi connectivity index (χ0v) is 13.9. The van der Waals surface area contributed by atoms with Gasteiger partial charge in [-0.05, 0) is 35.7 Å². The molecule has 4 aromatic rings. The predicted octanol–water partition coefficient (Wildman–Crippen LogP) is 5.69. The number of hydrogen-bond donors (Lipinski definition) is 0. The first-order chi connectivity index (χ1) is 12.2. The van der Waals surface area contributed by atoms with Gasteiger partial charge in [0.1, 0.15) is 16.9 Å².